The predicted molar refractivity (Wildman–Crippen MR) is 225 cm³/mol. The summed E-state index contributed by atoms with van der Waals surface area (Å²) in [5.41, 5.74) is 10.7. The van der Waals surface area contributed by atoms with Gasteiger partial charge in [-0.05, 0) is 113 Å². The molecule has 0 unspecified atom stereocenters. The van der Waals surface area contributed by atoms with E-state index >= 15 is 0 Å². The third-order valence-corrected chi connectivity index (χ3v) is 11.0. The van der Waals surface area contributed by atoms with E-state index in [-0.39, 0.29) is 0 Å². The zero-order valence-electron chi connectivity index (χ0n) is 28.9. The van der Waals surface area contributed by atoms with Crippen molar-refractivity contribution in [3.8, 4) is 39.1 Å². The largest absolute Gasteiger partial charge is 0.294 e. The van der Waals surface area contributed by atoms with Gasteiger partial charge in [-0.25, -0.2) is 4.98 Å². The summed E-state index contributed by atoms with van der Waals surface area (Å²) in [5.74, 6) is 0. The lowest BCUT2D eigenvalue weighted by Crippen LogP contribution is -1.94. The van der Waals surface area contributed by atoms with E-state index in [1.54, 1.807) is 0 Å². The minimum atomic E-state index is 0.969. The lowest BCUT2D eigenvalue weighted by molar-refractivity contribution is 1.14. The molecule has 0 bridgehead atoms. The summed E-state index contributed by atoms with van der Waals surface area (Å²) in [6.07, 6.45) is 1.88. The summed E-state index contributed by atoms with van der Waals surface area (Å²) in [6.45, 7) is 0. The SMILES string of the molecule is c1ccc(-n2c3ccc(-c4ccc(-c5c6ccccc6c(-c6cccc7ccccc67)c6ccccc56)c5ccccc45)cc3c3cccnc32)cc1. The topological polar surface area (TPSA) is 17.8 Å². The fraction of sp³-hybridized carbons (Fsp3) is 0. The van der Waals surface area contributed by atoms with Crippen LogP contribution in [0.5, 0.6) is 0 Å². The van der Waals surface area contributed by atoms with Crippen LogP contribution in [0.1, 0.15) is 0 Å². The average molecular weight is 673 g/mol. The van der Waals surface area contributed by atoms with Crippen molar-refractivity contribution in [3.63, 3.8) is 0 Å². The van der Waals surface area contributed by atoms with E-state index in [2.05, 4.69) is 187 Å². The van der Waals surface area contributed by atoms with E-state index in [0.29, 0.717) is 0 Å². The lowest BCUT2D eigenvalue weighted by Gasteiger charge is -2.20. The monoisotopic (exact) mass is 672 g/mol. The molecule has 0 radical (unpaired) electrons. The standard InChI is InChI=1S/C51H32N2/c1-2-16-35(17-3-1)53-48-30-27-34(32-47(48)46-26-13-31-52-51(46)53)37-28-29-45(39-20-7-6-19-38(37)39)50-43-23-10-8-21-41(43)49(42-22-9-11-24-44(42)50)40-25-12-15-33-14-4-5-18-36(33)40/h1-32H. The number of pyridine rings is 1. The number of rotatable bonds is 4. The van der Waals surface area contributed by atoms with Crippen molar-refractivity contribution < 1.29 is 0 Å². The molecule has 2 heterocycles. The molecule has 0 fully saturated rings. The highest BCUT2D eigenvalue weighted by Gasteiger charge is 2.20. The second kappa shape index (κ2) is 11.8. The molecule has 11 aromatic rings. The smallest absolute Gasteiger partial charge is 0.145 e. The fourth-order valence-corrected chi connectivity index (χ4v) is 8.77. The summed E-state index contributed by atoms with van der Waals surface area (Å²) in [6, 6.07) is 68.6. The molecule has 246 valence electrons. The lowest BCUT2D eigenvalue weighted by atomic mass is 9.83. The highest BCUT2D eigenvalue weighted by Crippen LogP contribution is 2.47. The molecule has 11 rings (SSSR count). The molecule has 9 aromatic carbocycles. The maximum absolute atomic E-state index is 4.85. The van der Waals surface area contributed by atoms with Crippen LogP contribution in [0.15, 0.2) is 194 Å². The first kappa shape index (κ1) is 29.7. The van der Waals surface area contributed by atoms with Crippen LogP contribution < -0.4 is 0 Å². The van der Waals surface area contributed by atoms with Gasteiger partial charge >= 0.3 is 0 Å². The van der Waals surface area contributed by atoms with Crippen molar-refractivity contribution in [2.45, 2.75) is 0 Å². The zero-order valence-corrected chi connectivity index (χ0v) is 28.9. The Morgan fingerprint density at radius 1 is 0.340 bits per heavy atom. The Morgan fingerprint density at radius 3 is 1.57 bits per heavy atom. The van der Waals surface area contributed by atoms with Crippen molar-refractivity contribution in [3.05, 3.63) is 194 Å². The van der Waals surface area contributed by atoms with E-state index in [4.69, 9.17) is 4.98 Å². The van der Waals surface area contributed by atoms with Gasteiger partial charge in [0.25, 0.3) is 0 Å². The van der Waals surface area contributed by atoms with Gasteiger partial charge in [-0.1, -0.05) is 152 Å². The zero-order chi connectivity index (χ0) is 34.9. The third-order valence-electron chi connectivity index (χ3n) is 11.0. The predicted octanol–water partition coefficient (Wildman–Crippen LogP) is 13.8. The number of hydrogen-bond acceptors (Lipinski definition) is 1. The number of hydrogen-bond donors (Lipinski definition) is 0. The molecule has 0 aliphatic carbocycles. The maximum atomic E-state index is 4.85. The van der Waals surface area contributed by atoms with Gasteiger partial charge in [-0.15, -0.1) is 0 Å². The van der Waals surface area contributed by atoms with Crippen LogP contribution in [0.3, 0.4) is 0 Å². The van der Waals surface area contributed by atoms with Crippen LogP contribution in [0.4, 0.5) is 0 Å². The number of para-hydroxylation sites is 1. The molecule has 2 nitrogen and oxygen atoms in total. The molecule has 0 aliphatic rings. The van der Waals surface area contributed by atoms with E-state index in [1.807, 2.05) is 12.3 Å². The van der Waals surface area contributed by atoms with E-state index < -0.39 is 0 Å². The van der Waals surface area contributed by atoms with Crippen LogP contribution in [-0.4, -0.2) is 9.55 Å². The molecule has 2 heteroatoms. The normalized spacial score (nSPS) is 11.8. The van der Waals surface area contributed by atoms with Gasteiger partial charge in [0.05, 0.1) is 5.52 Å². The summed E-state index contributed by atoms with van der Waals surface area (Å²) < 4.78 is 2.27. The van der Waals surface area contributed by atoms with Gasteiger partial charge in [-0.2, -0.15) is 0 Å². The van der Waals surface area contributed by atoms with Crippen molar-refractivity contribution >= 4 is 65.0 Å². The van der Waals surface area contributed by atoms with Crippen molar-refractivity contribution in [2.75, 3.05) is 0 Å². The van der Waals surface area contributed by atoms with Crippen LogP contribution in [-0.2, 0) is 0 Å². The molecule has 53 heavy (non-hydrogen) atoms. The number of aromatic nitrogens is 2. The Balaban J connectivity index is 1.16. The van der Waals surface area contributed by atoms with Gasteiger partial charge in [-0.3, -0.25) is 4.57 Å². The number of fused-ring (bicyclic) bond motifs is 7. The molecule has 2 aromatic heterocycles. The quantitative estimate of drug-likeness (QED) is 0.170. The van der Waals surface area contributed by atoms with Crippen molar-refractivity contribution in [1.29, 1.82) is 0 Å². The van der Waals surface area contributed by atoms with Crippen LogP contribution in [0.25, 0.3) is 104 Å². The Kier molecular flexibility index (Phi) is 6.59. The fourth-order valence-electron chi connectivity index (χ4n) is 8.77. The minimum absolute atomic E-state index is 0.969. The van der Waals surface area contributed by atoms with Crippen molar-refractivity contribution in [1.82, 2.24) is 9.55 Å². The second-order valence-corrected chi connectivity index (χ2v) is 13.9. The first-order valence-corrected chi connectivity index (χ1v) is 18.2. The molecule has 0 saturated heterocycles. The Morgan fingerprint density at radius 2 is 0.868 bits per heavy atom. The van der Waals surface area contributed by atoms with Gasteiger partial charge in [0.15, 0.2) is 0 Å². The summed E-state index contributed by atoms with van der Waals surface area (Å²) in [7, 11) is 0. The van der Waals surface area contributed by atoms with E-state index in [9.17, 15) is 0 Å². The van der Waals surface area contributed by atoms with Gasteiger partial charge in [0.2, 0.25) is 0 Å². The molecular formula is C51H32N2. The van der Waals surface area contributed by atoms with Crippen LogP contribution >= 0.6 is 0 Å². The molecule has 0 amide bonds. The van der Waals surface area contributed by atoms with Crippen molar-refractivity contribution in [2.24, 2.45) is 0 Å². The first-order chi connectivity index (χ1) is 26.3. The molecule has 0 aliphatic heterocycles. The second-order valence-electron chi connectivity index (χ2n) is 13.9. The Hall–Kier alpha value is -7.03. The van der Waals surface area contributed by atoms with Gasteiger partial charge < -0.3 is 0 Å². The molecule has 0 N–H and O–H groups in total. The highest BCUT2D eigenvalue weighted by molar-refractivity contribution is 6.26. The maximum Gasteiger partial charge on any atom is 0.145 e. The van der Waals surface area contributed by atoms with Gasteiger partial charge in [0, 0.05) is 22.7 Å². The summed E-state index contributed by atoms with van der Waals surface area (Å²) >= 11 is 0. The summed E-state index contributed by atoms with van der Waals surface area (Å²) in [5, 5.41) is 12.4. The minimum Gasteiger partial charge on any atom is -0.294 e. The highest BCUT2D eigenvalue weighted by atomic mass is 15.0. The number of nitrogens with zero attached hydrogens (tertiary/aromatic N) is 2. The summed E-state index contributed by atoms with van der Waals surface area (Å²) in [4.78, 5) is 4.85. The molecular weight excluding hydrogens is 641 g/mol. The van der Waals surface area contributed by atoms with E-state index in [0.717, 1.165) is 22.2 Å². The molecule has 0 saturated carbocycles. The van der Waals surface area contributed by atoms with Crippen LogP contribution in [0, 0.1) is 0 Å². The average Bonchev–Trinajstić information content (AvgIpc) is 3.56. The Labute approximate surface area is 306 Å². The van der Waals surface area contributed by atoms with E-state index in [1.165, 1.54) is 81.9 Å². The Bertz CT molecular complexity index is 3160. The molecule has 0 spiro atoms. The molecule has 0 atom stereocenters. The van der Waals surface area contributed by atoms with Gasteiger partial charge in [0.1, 0.15) is 5.65 Å². The number of benzene rings is 9. The third kappa shape index (κ3) is 4.49. The first-order valence-electron chi connectivity index (χ1n) is 18.2. The van der Waals surface area contributed by atoms with Crippen LogP contribution in [0.2, 0.25) is 0 Å².